The van der Waals surface area contributed by atoms with Crippen molar-refractivity contribution in [2.45, 2.75) is 46.1 Å². The lowest BCUT2D eigenvalue weighted by atomic mass is 9.52. The van der Waals surface area contributed by atoms with Crippen molar-refractivity contribution in [1.29, 1.82) is 0 Å². The number of Topliss-reactive ketones (excluding diaryl/α,β-unsaturated/α-hetero) is 1. The molecule has 1 heterocycles. The first-order valence-electron chi connectivity index (χ1n) is 7.55. The Morgan fingerprint density at radius 1 is 1.33 bits per heavy atom. The molecule has 0 aromatic carbocycles. The lowest BCUT2D eigenvalue weighted by Crippen LogP contribution is -2.50. The van der Waals surface area contributed by atoms with Gasteiger partial charge in [0.25, 0.3) is 0 Å². The van der Waals surface area contributed by atoms with Crippen LogP contribution < -0.4 is 0 Å². The molecule has 0 spiro atoms. The van der Waals surface area contributed by atoms with E-state index in [0.717, 1.165) is 18.4 Å². The lowest BCUT2D eigenvalue weighted by Gasteiger charge is -2.50. The minimum Gasteiger partial charge on any atom is -0.487 e. The highest BCUT2D eigenvalue weighted by molar-refractivity contribution is 6.00. The van der Waals surface area contributed by atoms with Crippen molar-refractivity contribution < 1.29 is 24.2 Å². The van der Waals surface area contributed by atoms with Crippen LogP contribution in [0.15, 0.2) is 11.3 Å². The van der Waals surface area contributed by atoms with Crippen LogP contribution in [0.3, 0.4) is 0 Å². The number of aliphatic hydroxyl groups is 1. The second-order valence-corrected chi connectivity index (χ2v) is 7.09. The van der Waals surface area contributed by atoms with Crippen LogP contribution in [0.5, 0.6) is 0 Å². The first kappa shape index (κ1) is 14.6. The van der Waals surface area contributed by atoms with E-state index in [9.17, 15) is 9.59 Å². The maximum atomic E-state index is 12.4. The van der Waals surface area contributed by atoms with Crippen molar-refractivity contribution >= 4 is 11.8 Å². The third-order valence-electron chi connectivity index (χ3n) is 5.39. The summed E-state index contributed by atoms with van der Waals surface area (Å²) in [5.74, 6) is -0.442. The summed E-state index contributed by atoms with van der Waals surface area (Å²) in [6.45, 7) is 6.16. The van der Waals surface area contributed by atoms with Gasteiger partial charge in [0.15, 0.2) is 11.5 Å². The van der Waals surface area contributed by atoms with Crippen molar-refractivity contribution in [3.8, 4) is 0 Å². The summed E-state index contributed by atoms with van der Waals surface area (Å²) in [5.41, 5.74) is 0.238. The normalized spacial score (nSPS) is 37.3. The summed E-state index contributed by atoms with van der Waals surface area (Å²) < 4.78 is 11.1. The molecule has 0 unspecified atom stereocenters. The van der Waals surface area contributed by atoms with Crippen LogP contribution >= 0.6 is 0 Å². The molecule has 3 rings (SSSR count). The number of hydrogen-bond donors (Lipinski definition) is 1. The summed E-state index contributed by atoms with van der Waals surface area (Å²) in [5, 5.41) is 8.99. The van der Waals surface area contributed by atoms with Gasteiger partial charge in [-0.3, -0.25) is 9.59 Å². The quantitative estimate of drug-likeness (QED) is 0.800. The maximum Gasteiger partial charge on any atom is 0.310 e. The van der Waals surface area contributed by atoms with Gasteiger partial charge in [-0.15, -0.1) is 0 Å². The molecular formula is C16H22O5. The van der Waals surface area contributed by atoms with Gasteiger partial charge in [-0.1, -0.05) is 20.8 Å². The molecule has 2 fully saturated rings. The molecule has 2 aliphatic carbocycles. The second kappa shape index (κ2) is 4.57. The molecule has 5 nitrogen and oxygen atoms in total. The van der Waals surface area contributed by atoms with Crippen LogP contribution in [0.2, 0.25) is 0 Å². The Balaban J connectivity index is 2.17. The van der Waals surface area contributed by atoms with Gasteiger partial charge in [-0.05, 0) is 23.8 Å². The Hall–Kier alpha value is -1.36. The molecule has 3 atom stereocenters. The Bertz CT molecular complexity index is 533. The zero-order valence-corrected chi connectivity index (χ0v) is 12.8. The van der Waals surface area contributed by atoms with Crippen molar-refractivity contribution in [3.05, 3.63) is 11.3 Å². The van der Waals surface area contributed by atoms with Crippen molar-refractivity contribution in [2.75, 3.05) is 13.2 Å². The predicted molar refractivity (Wildman–Crippen MR) is 74.2 cm³/mol. The summed E-state index contributed by atoms with van der Waals surface area (Å²) in [4.78, 5) is 24.6. The van der Waals surface area contributed by atoms with Crippen molar-refractivity contribution in [3.63, 3.8) is 0 Å². The third-order valence-corrected chi connectivity index (χ3v) is 5.39. The molecule has 0 aromatic rings. The molecule has 0 radical (unpaired) electrons. The van der Waals surface area contributed by atoms with E-state index < -0.39 is 11.3 Å². The predicted octanol–water partition coefficient (Wildman–Crippen LogP) is 1.59. The van der Waals surface area contributed by atoms with Gasteiger partial charge in [0.2, 0.25) is 0 Å². The van der Waals surface area contributed by atoms with E-state index in [1.165, 1.54) is 0 Å². The molecular weight excluding hydrogens is 272 g/mol. The minimum absolute atomic E-state index is 0.0981. The molecule has 0 aromatic heterocycles. The number of hydrogen-bond acceptors (Lipinski definition) is 5. The van der Waals surface area contributed by atoms with Crippen molar-refractivity contribution in [2.24, 2.45) is 16.7 Å². The number of aliphatic hydroxyl groups excluding tert-OH is 1. The van der Waals surface area contributed by atoms with E-state index in [0.29, 0.717) is 5.76 Å². The SMILES string of the molecule is CC1(C)CC[C@@H]2OC(=O)[C@@H]3CC(=O)C(OCCO)=C1[C@]23C. The standard InChI is InChI=1S/C16H22O5/c1-15(2)5-4-11-16(3)9(14(19)21-11)8-10(18)12(13(15)16)20-7-6-17/h9,11,17H,4-8H2,1-3H3/t9-,11-,16-/m0/s1. The monoisotopic (exact) mass is 294 g/mol. The molecule has 1 aliphatic heterocycles. The van der Waals surface area contributed by atoms with Crippen LogP contribution in [-0.2, 0) is 19.1 Å². The zero-order chi connectivity index (χ0) is 15.4. The van der Waals surface area contributed by atoms with Gasteiger partial charge in [-0.25, -0.2) is 0 Å². The van der Waals surface area contributed by atoms with Crippen LogP contribution in [-0.4, -0.2) is 36.2 Å². The number of allylic oxidation sites excluding steroid dienone is 1. The fourth-order valence-corrected chi connectivity index (χ4v) is 4.42. The number of carbonyl (C=O) groups excluding carboxylic acids is 2. The third kappa shape index (κ3) is 1.86. The largest absolute Gasteiger partial charge is 0.487 e. The van der Waals surface area contributed by atoms with Crippen LogP contribution in [0.1, 0.15) is 40.0 Å². The van der Waals surface area contributed by atoms with E-state index in [1.54, 1.807) is 0 Å². The van der Waals surface area contributed by atoms with Gasteiger partial charge in [-0.2, -0.15) is 0 Å². The number of ketones is 1. The van der Waals surface area contributed by atoms with E-state index in [-0.39, 0.29) is 42.9 Å². The van der Waals surface area contributed by atoms with Crippen LogP contribution in [0.25, 0.3) is 0 Å². The first-order valence-corrected chi connectivity index (χ1v) is 7.55. The van der Waals surface area contributed by atoms with E-state index in [4.69, 9.17) is 14.6 Å². The van der Waals surface area contributed by atoms with Gasteiger partial charge in [0.05, 0.1) is 12.5 Å². The number of esters is 1. The van der Waals surface area contributed by atoms with E-state index in [1.807, 2.05) is 6.92 Å². The molecule has 1 saturated carbocycles. The number of carbonyl (C=O) groups is 2. The first-order chi connectivity index (χ1) is 9.82. The van der Waals surface area contributed by atoms with Crippen molar-refractivity contribution in [1.82, 2.24) is 0 Å². The van der Waals surface area contributed by atoms with E-state index in [2.05, 4.69) is 13.8 Å². The van der Waals surface area contributed by atoms with E-state index >= 15 is 0 Å². The Morgan fingerprint density at radius 2 is 2.05 bits per heavy atom. The Morgan fingerprint density at radius 3 is 2.71 bits per heavy atom. The fourth-order valence-electron chi connectivity index (χ4n) is 4.42. The number of rotatable bonds is 3. The molecule has 1 saturated heterocycles. The summed E-state index contributed by atoms with van der Waals surface area (Å²) in [6.07, 6.45) is 1.64. The van der Waals surface area contributed by atoms with Gasteiger partial charge >= 0.3 is 5.97 Å². The average Bonchev–Trinajstić information content (AvgIpc) is 2.65. The Labute approximate surface area is 124 Å². The highest BCUT2D eigenvalue weighted by Crippen LogP contribution is 2.62. The molecule has 0 bridgehead atoms. The summed E-state index contributed by atoms with van der Waals surface area (Å²) in [7, 11) is 0. The minimum atomic E-state index is -0.461. The smallest absolute Gasteiger partial charge is 0.310 e. The summed E-state index contributed by atoms with van der Waals surface area (Å²) >= 11 is 0. The van der Waals surface area contributed by atoms with Crippen LogP contribution in [0.4, 0.5) is 0 Å². The highest BCUT2D eigenvalue weighted by atomic mass is 16.6. The zero-order valence-electron chi connectivity index (χ0n) is 12.8. The Kier molecular flexibility index (Phi) is 3.17. The topological polar surface area (TPSA) is 72.8 Å². The molecule has 3 aliphatic rings. The molecule has 116 valence electrons. The van der Waals surface area contributed by atoms with Crippen LogP contribution in [0, 0.1) is 16.7 Å². The van der Waals surface area contributed by atoms with Gasteiger partial charge < -0.3 is 14.6 Å². The molecule has 0 amide bonds. The average molecular weight is 294 g/mol. The second-order valence-electron chi connectivity index (χ2n) is 7.09. The molecule has 21 heavy (non-hydrogen) atoms. The number of ether oxygens (including phenoxy) is 2. The highest BCUT2D eigenvalue weighted by Gasteiger charge is 2.64. The molecule has 1 N–H and O–H groups in total. The fraction of sp³-hybridized carbons (Fsp3) is 0.750. The maximum absolute atomic E-state index is 12.4. The molecule has 5 heteroatoms. The lowest BCUT2D eigenvalue weighted by molar-refractivity contribution is -0.145. The van der Waals surface area contributed by atoms with Gasteiger partial charge in [0.1, 0.15) is 12.7 Å². The van der Waals surface area contributed by atoms with Gasteiger partial charge in [0, 0.05) is 11.8 Å². The summed E-state index contributed by atoms with van der Waals surface area (Å²) in [6, 6.07) is 0.